The van der Waals surface area contributed by atoms with Gasteiger partial charge in [-0.2, -0.15) is 13.2 Å². The van der Waals surface area contributed by atoms with E-state index in [1.807, 2.05) is 30.3 Å². The van der Waals surface area contributed by atoms with Crippen LogP contribution in [0.15, 0.2) is 53.7 Å². The molecule has 0 fully saturated rings. The summed E-state index contributed by atoms with van der Waals surface area (Å²) in [5.41, 5.74) is -0.0143. The maximum absolute atomic E-state index is 12.9. The minimum atomic E-state index is -4.61. The molecule has 0 bridgehead atoms. The minimum absolute atomic E-state index is 0.00574. The molecule has 3 rings (SSSR count). The molecule has 1 amide bonds. The van der Waals surface area contributed by atoms with Gasteiger partial charge < -0.3 is 5.32 Å². The monoisotopic (exact) mass is 427 g/mol. The topological polar surface area (TPSA) is 72.7 Å². The molecule has 0 aliphatic heterocycles. The lowest BCUT2D eigenvalue weighted by Crippen LogP contribution is -2.16. The van der Waals surface area contributed by atoms with Gasteiger partial charge in [-0.1, -0.05) is 53.7 Å². The molecule has 1 aromatic heterocycles. The molecule has 28 heavy (non-hydrogen) atoms. The molecule has 1 heterocycles. The summed E-state index contributed by atoms with van der Waals surface area (Å²) in [5, 5.41) is 13.8. The van der Waals surface area contributed by atoms with Crippen LogP contribution in [0.25, 0.3) is 0 Å². The van der Waals surface area contributed by atoms with Gasteiger partial charge in [0.15, 0.2) is 0 Å². The number of hydrogen-bond donors (Lipinski definition) is 1. The van der Waals surface area contributed by atoms with Gasteiger partial charge in [-0.15, -0.1) is 5.10 Å². The molecule has 3 aromatic rings. The van der Waals surface area contributed by atoms with Crippen LogP contribution in [0.2, 0.25) is 5.02 Å². The molecule has 11 heteroatoms. The zero-order chi connectivity index (χ0) is 20.1. The van der Waals surface area contributed by atoms with Gasteiger partial charge in [0, 0.05) is 5.69 Å². The summed E-state index contributed by atoms with van der Waals surface area (Å²) in [6.45, 7) is 0.434. The van der Waals surface area contributed by atoms with Gasteiger partial charge >= 0.3 is 6.18 Å². The third-order valence-electron chi connectivity index (χ3n) is 3.56. The molecule has 0 aliphatic rings. The van der Waals surface area contributed by atoms with Gasteiger partial charge in [-0.05, 0) is 34.2 Å². The molecule has 0 radical (unpaired) electrons. The molecule has 0 unspecified atom stereocenters. The number of nitrogens with zero attached hydrogens (tertiary/aromatic N) is 4. The lowest BCUT2D eigenvalue weighted by atomic mass is 10.2. The number of anilines is 1. The summed E-state index contributed by atoms with van der Waals surface area (Å²) in [6, 6.07) is 12.7. The predicted octanol–water partition coefficient (Wildman–Crippen LogP) is 4.12. The average molecular weight is 428 g/mol. The van der Waals surface area contributed by atoms with Crippen molar-refractivity contribution in [3.05, 3.63) is 64.7 Å². The van der Waals surface area contributed by atoms with E-state index in [4.69, 9.17) is 11.6 Å². The fraction of sp³-hybridized carbons (Fsp3) is 0.176. The molecule has 0 aliphatic carbocycles. The zero-order valence-corrected chi connectivity index (χ0v) is 15.7. The fourth-order valence-electron chi connectivity index (χ4n) is 2.30. The van der Waals surface area contributed by atoms with Crippen LogP contribution >= 0.6 is 23.4 Å². The van der Waals surface area contributed by atoms with E-state index in [1.54, 1.807) is 0 Å². The summed E-state index contributed by atoms with van der Waals surface area (Å²) < 4.78 is 40.2. The first-order valence-electron chi connectivity index (χ1n) is 7.92. The first-order chi connectivity index (χ1) is 13.3. The van der Waals surface area contributed by atoms with Gasteiger partial charge in [0.2, 0.25) is 11.1 Å². The van der Waals surface area contributed by atoms with Crippen LogP contribution in [0.4, 0.5) is 18.9 Å². The Morgan fingerprint density at radius 1 is 1.18 bits per heavy atom. The molecule has 0 atom stereocenters. The van der Waals surface area contributed by atoms with E-state index < -0.39 is 22.7 Å². The summed E-state index contributed by atoms with van der Waals surface area (Å²) in [6.07, 6.45) is -4.61. The number of carbonyl (C=O) groups excluding carboxylic acids is 1. The second-order valence-corrected chi connectivity index (χ2v) is 6.98. The molecule has 146 valence electrons. The first-order valence-corrected chi connectivity index (χ1v) is 9.29. The quantitative estimate of drug-likeness (QED) is 0.599. The first kappa shape index (κ1) is 20.2. The van der Waals surface area contributed by atoms with E-state index >= 15 is 0 Å². The highest BCUT2D eigenvalue weighted by Gasteiger charge is 2.33. The maximum Gasteiger partial charge on any atom is 0.417 e. The van der Waals surface area contributed by atoms with Crippen molar-refractivity contribution in [3.63, 3.8) is 0 Å². The van der Waals surface area contributed by atoms with E-state index in [-0.39, 0.29) is 11.4 Å². The Balaban J connectivity index is 1.61. The number of tetrazole rings is 1. The van der Waals surface area contributed by atoms with Crippen LogP contribution in [0.1, 0.15) is 11.1 Å². The third-order valence-corrected chi connectivity index (χ3v) is 4.85. The van der Waals surface area contributed by atoms with Crippen molar-refractivity contribution in [2.24, 2.45) is 0 Å². The molecule has 6 nitrogen and oxygen atoms in total. The van der Waals surface area contributed by atoms with Gasteiger partial charge in [0.25, 0.3) is 0 Å². The number of alkyl halides is 3. The van der Waals surface area contributed by atoms with Crippen LogP contribution < -0.4 is 5.32 Å². The summed E-state index contributed by atoms with van der Waals surface area (Å²) in [5.74, 6) is -0.561. The number of hydrogen-bond acceptors (Lipinski definition) is 5. The van der Waals surface area contributed by atoms with Gasteiger partial charge in [-0.25, -0.2) is 4.68 Å². The predicted molar refractivity (Wildman–Crippen MR) is 99.2 cm³/mol. The van der Waals surface area contributed by atoms with Crippen LogP contribution in [-0.2, 0) is 17.5 Å². The Bertz CT molecular complexity index is 965. The minimum Gasteiger partial charge on any atom is -0.325 e. The van der Waals surface area contributed by atoms with Crippen molar-refractivity contribution in [1.82, 2.24) is 20.2 Å². The van der Waals surface area contributed by atoms with Crippen LogP contribution in [0.3, 0.4) is 0 Å². The molecule has 2 aromatic carbocycles. The molecular formula is C17H13ClF3N5OS. The van der Waals surface area contributed by atoms with E-state index in [0.29, 0.717) is 11.7 Å². The maximum atomic E-state index is 12.9. The van der Waals surface area contributed by atoms with Gasteiger partial charge in [-0.3, -0.25) is 4.79 Å². The summed E-state index contributed by atoms with van der Waals surface area (Å²) >= 11 is 6.65. The van der Waals surface area contributed by atoms with E-state index in [1.165, 1.54) is 10.7 Å². The highest BCUT2D eigenvalue weighted by Crippen LogP contribution is 2.36. The summed E-state index contributed by atoms with van der Waals surface area (Å²) in [4.78, 5) is 12.1. The van der Waals surface area contributed by atoms with Crippen molar-refractivity contribution in [3.8, 4) is 0 Å². The number of aromatic nitrogens is 4. The third kappa shape index (κ3) is 5.23. The van der Waals surface area contributed by atoms with Crippen LogP contribution in [0.5, 0.6) is 0 Å². The number of thioether (sulfide) groups is 1. The van der Waals surface area contributed by atoms with Crippen molar-refractivity contribution in [2.45, 2.75) is 17.9 Å². The Morgan fingerprint density at radius 3 is 2.64 bits per heavy atom. The highest BCUT2D eigenvalue weighted by atomic mass is 35.5. The summed E-state index contributed by atoms with van der Waals surface area (Å²) in [7, 11) is 0. The van der Waals surface area contributed by atoms with E-state index in [9.17, 15) is 18.0 Å². The van der Waals surface area contributed by atoms with E-state index in [0.717, 1.165) is 29.5 Å². The Morgan fingerprint density at radius 2 is 1.93 bits per heavy atom. The number of rotatable bonds is 6. The molecule has 1 N–H and O–H groups in total. The highest BCUT2D eigenvalue weighted by molar-refractivity contribution is 7.99. The lowest BCUT2D eigenvalue weighted by molar-refractivity contribution is -0.137. The fourth-order valence-corrected chi connectivity index (χ4v) is 3.20. The normalized spacial score (nSPS) is 11.4. The molecule has 0 spiro atoms. The second kappa shape index (κ2) is 8.61. The van der Waals surface area contributed by atoms with E-state index in [2.05, 4.69) is 20.8 Å². The van der Waals surface area contributed by atoms with Crippen molar-refractivity contribution >= 4 is 35.0 Å². The number of benzene rings is 2. The smallest absolute Gasteiger partial charge is 0.325 e. The van der Waals surface area contributed by atoms with Crippen LogP contribution in [-0.4, -0.2) is 31.9 Å². The number of amides is 1. The van der Waals surface area contributed by atoms with Crippen molar-refractivity contribution in [2.75, 3.05) is 11.1 Å². The molecule has 0 saturated carbocycles. The standard InChI is InChI=1S/C17H13ClF3N5OS/c18-14-7-6-12(8-13(14)17(19,20)21)22-15(27)10-28-16-23-24-25-26(16)9-11-4-2-1-3-5-11/h1-8H,9-10H2,(H,22,27). The average Bonchev–Trinajstić information content (AvgIpc) is 3.08. The Hall–Kier alpha value is -2.59. The zero-order valence-electron chi connectivity index (χ0n) is 14.2. The number of carbonyl (C=O) groups is 1. The van der Waals surface area contributed by atoms with Gasteiger partial charge in [0.1, 0.15) is 0 Å². The van der Waals surface area contributed by atoms with Crippen molar-refractivity contribution < 1.29 is 18.0 Å². The Kier molecular flexibility index (Phi) is 6.20. The second-order valence-electron chi connectivity index (χ2n) is 5.63. The molecular weight excluding hydrogens is 415 g/mol. The molecule has 0 saturated heterocycles. The largest absolute Gasteiger partial charge is 0.417 e. The van der Waals surface area contributed by atoms with Crippen LogP contribution in [0, 0.1) is 0 Å². The number of nitrogens with one attached hydrogen (secondary N) is 1. The van der Waals surface area contributed by atoms with Crippen molar-refractivity contribution in [1.29, 1.82) is 0 Å². The van der Waals surface area contributed by atoms with Gasteiger partial charge in [0.05, 0.1) is 22.9 Å². The lowest BCUT2D eigenvalue weighted by Gasteiger charge is -2.11. The Labute approximate surface area is 167 Å². The number of halogens is 4. The SMILES string of the molecule is O=C(CSc1nnnn1Cc1ccccc1)Nc1ccc(Cl)c(C(F)(F)F)c1.